The Labute approximate surface area is 233 Å². The van der Waals surface area contributed by atoms with Crippen molar-refractivity contribution in [2.75, 3.05) is 20.6 Å². The number of aromatic hydroxyl groups is 2. The Bertz CT molecular complexity index is 959. The van der Waals surface area contributed by atoms with Crippen molar-refractivity contribution in [1.82, 2.24) is 0 Å². The van der Waals surface area contributed by atoms with Crippen LogP contribution >= 0.6 is 0 Å². The average Bonchev–Trinajstić information content (AvgIpc) is 2.92. The average molecular weight is 521 g/mol. The van der Waals surface area contributed by atoms with E-state index >= 15 is 0 Å². The van der Waals surface area contributed by atoms with Gasteiger partial charge in [0.05, 0.1) is 20.6 Å². The van der Waals surface area contributed by atoms with E-state index in [0.717, 1.165) is 11.0 Å². The lowest BCUT2D eigenvalue weighted by atomic mass is 10.0. The molecule has 0 aliphatic rings. The number of rotatable bonds is 17. The van der Waals surface area contributed by atoms with E-state index in [0.29, 0.717) is 10.8 Å². The van der Waals surface area contributed by atoms with Gasteiger partial charge < -0.3 is 14.7 Å². The maximum absolute atomic E-state index is 9.38. The molecule has 3 aromatic rings. The molecule has 0 saturated heterocycles. The maximum atomic E-state index is 9.38. The van der Waals surface area contributed by atoms with Gasteiger partial charge in [-0.25, -0.2) is 0 Å². The summed E-state index contributed by atoms with van der Waals surface area (Å²) in [6.45, 7) is 4.75. The van der Waals surface area contributed by atoms with Crippen LogP contribution in [-0.2, 0) is 6.54 Å². The number of benzene rings is 3. The van der Waals surface area contributed by atoms with E-state index in [-0.39, 0.29) is 11.5 Å². The summed E-state index contributed by atoms with van der Waals surface area (Å²) >= 11 is 0. The van der Waals surface area contributed by atoms with E-state index in [4.69, 9.17) is 0 Å². The van der Waals surface area contributed by atoms with E-state index in [9.17, 15) is 10.2 Å². The summed E-state index contributed by atoms with van der Waals surface area (Å²) in [7, 11) is 4.74. The third kappa shape index (κ3) is 13.3. The summed E-state index contributed by atoms with van der Waals surface area (Å²) in [4.78, 5) is 0. The zero-order valence-electron chi connectivity index (χ0n) is 24.5. The highest BCUT2D eigenvalue weighted by Crippen LogP contribution is 2.30. The van der Waals surface area contributed by atoms with Crippen molar-refractivity contribution in [3.8, 4) is 11.5 Å². The standard InChI is InChI=1S/C25H46N.C10H8O2/c1-4-5-6-7-8-9-10-11-12-13-14-15-16-20-23-26(2,3)24-25-21-18-17-19-22-25;11-9-5-6-10(12)8-4-2-1-3-7(8)9/h17-19,21-22H,4-16,20,23-24H2,1-3H3;1-6,11-12H/q+1;. The highest BCUT2D eigenvalue weighted by molar-refractivity contribution is 5.92. The van der Waals surface area contributed by atoms with Crippen LogP contribution in [0.3, 0.4) is 0 Å². The first-order valence-corrected chi connectivity index (χ1v) is 15.2. The molecule has 3 heteroatoms. The van der Waals surface area contributed by atoms with E-state index < -0.39 is 0 Å². The summed E-state index contributed by atoms with van der Waals surface area (Å²) in [5, 5.41) is 20.1. The fourth-order valence-electron chi connectivity index (χ4n) is 5.16. The molecule has 3 rings (SSSR count). The highest BCUT2D eigenvalue weighted by Gasteiger charge is 2.14. The van der Waals surface area contributed by atoms with Crippen LogP contribution in [0.4, 0.5) is 0 Å². The van der Waals surface area contributed by atoms with Crippen molar-refractivity contribution in [3.63, 3.8) is 0 Å². The van der Waals surface area contributed by atoms with Gasteiger partial charge in [-0.3, -0.25) is 0 Å². The van der Waals surface area contributed by atoms with Crippen LogP contribution in [-0.4, -0.2) is 35.3 Å². The zero-order valence-corrected chi connectivity index (χ0v) is 24.5. The van der Waals surface area contributed by atoms with Crippen molar-refractivity contribution in [3.05, 3.63) is 72.3 Å². The second-order valence-corrected chi connectivity index (χ2v) is 11.5. The van der Waals surface area contributed by atoms with Crippen molar-refractivity contribution in [2.24, 2.45) is 0 Å². The predicted octanol–water partition coefficient (Wildman–Crippen LogP) is 10.00. The monoisotopic (exact) mass is 520 g/mol. The van der Waals surface area contributed by atoms with Crippen LogP contribution in [0, 0.1) is 0 Å². The Kier molecular flexibility index (Phi) is 15.6. The van der Waals surface area contributed by atoms with Crippen molar-refractivity contribution in [1.29, 1.82) is 0 Å². The largest absolute Gasteiger partial charge is 0.507 e. The first kappa shape index (κ1) is 31.7. The van der Waals surface area contributed by atoms with Crippen molar-refractivity contribution in [2.45, 2.75) is 103 Å². The first-order chi connectivity index (χ1) is 18.4. The van der Waals surface area contributed by atoms with Crippen LogP contribution in [0.2, 0.25) is 0 Å². The van der Waals surface area contributed by atoms with Gasteiger partial charge in [0.25, 0.3) is 0 Å². The lowest BCUT2D eigenvalue weighted by molar-refractivity contribution is -0.903. The minimum Gasteiger partial charge on any atom is -0.507 e. The molecule has 0 atom stereocenters. The maximum Gasteiger partial charge on any atom is 0.123 e. The molecule has 0 radical (unpaired) electrons. The second kappa shape index (κ2) is 18.7. The normalized spacial score (nSPS) is 11.3. The summed E-state index contributed by atoms with van der Waals surface area (Å²) in [5.74, 6) is 0.395. The molecule has 0 heterocycles. The Balaban J connectivity index is 0.000000347. The number of nitrogens with zero attached hydrogens (tertiary/aromatic N) is 1. The topological polar surface area (TPSA) is 40.5 Å². The molecular formula is C35H54NO2+. The molecule has 0 fully saturated rings. The van der Waals surface area contributed by atoms with Gasteiger partial charge >= 0.3 is 0 Å². The van der Waals surface area contributed by atoms with Gasteiger partial charge in [0.1, 0.15) is 18.0 Å². The number of unbranched alkanes of at least 4 members (excludes halogenated alkanes) is 13. The minimum absolute atomic E-state index is 0.198. The fourth-order valence-corrected chi connectivity index (χ4v) is 5.16. The zero-order chi connectivity index (χ0) is 27.5. The summed E-state index contributed by atoms with van der Waals surface area (Å²) in [5.41, 5.74) is 1.46. The lowest BCUT2D eigenvalue weighted by Gasteiger charge is -2.30. The van der Waals surface area contributed by atoms with Crippen LogP contribution in [0.15, 0.2) is 66.7 Å². The quantitative estimate of drug-likeness (QED) is 0.106. The highest BCUT2D eigenvalue weighted by atomic mass is 16.3. The molecule has 0 aliphatic carbocycles. The molecule has 0 bridgehead atoms. The number of hydrogen-bond donors (Lipinski definition) is 2. The Hall–Kier alpha value is -2.52. The number of hydrogen-bond acceptors (Lipinski definition) is 2. The molecular weight excluding hydrogens is 466 g/mol. The van der Waals surface area contributed by atoms with Gasteiger partial charge in [0, 0.05) is 16.3 Å². The van der Waals surface area contributed by atoms with Gasteiger partial charge in [-0.15, -0.1) is 0 Å². The Morgan fingerprint density at radius 1 is 0.500 bits per heavy atom. The minimum atomic E-state index is 0.198. The Morgan fingerprint density at radius 2 is 0.895 bits per heavy atom. The molecule has 210 valence electrons. The summed E-state index contributed by atoms with van der Waals surface area (Å²) in [6, 6.07) is 21.1. The molecule has 3 nitrogen and oxygen atoms in total. The van der Waals surface area contributed by atoms with Gasteiger partial charge in [0.2, 0.25) is 0 Å². The van der Waals surface area contributed by atoms with Gasteiger partial charge in [-0.05, 0) is 25.0 Å². The predicted molar refractivity (Wildman–Crippen MR) is 165 cm³/mol. The summed E-state index contributed by atoms with van der Waals surface area (Å²) in [6.07, 6.45) is 20.2. The molecule has 2 N–H and O–H groups in total. The van der Waals surface area contributed by atoms with Crippen LogP contribution in [0.1, 0.15) is 102 Å². The third-order valence-corrected chi connectivity index (χ3v) is 7.45. The van der Waals surface area contributed by atoms with Crippen LogP contribution in [0.25, 0.3) is 10.8 Å². The van der Waals surface area contributed by atoms with Crippen molar-refractivity contribution >= 4 is 10.8 Å². The van der Waals surface area contributed by atoms with Gasteiger partial charge in [0.15, 0.2) is 0 Å². The molecule has 3 aromatic carbocycles. The van der Waals surface area contributed by atoms with E-state index in [1.807, 2.05) is 12.1 Å². The molecule has 38 heavy (non-hydrogen) atoms. The molecule has 0 aliphatic heterocycles. The number of quaternary nitrogens is 1. The Morgan fingerprint density at radius 3 is 1.34 bits per heavy atom. The SMILES string of the molecule is CCCCCCCCCCCCCCCC[N+](C)(C)Cc1ccccc1.Oc1ccc(O)c2ccccc12. The molecule has 0 saturated carbocycles. The van der Waals surface area contributed by atoms with E-state index in [1.165, 1.54) is 114 Å². The smallest absolute Gasteiger partial charge is 0.123 e. The first-order valence-electron chi connectivity index (χ1n) is 15.2. The van der Waals surface area contributed by atoms with Gasteiger partial charge in [-0.1, -0.05) is 139 Å². The molecule has 0 spiro atoms. The molecule has 0 aromatic heterocycles. The summed E-state index contributed by atoms with van der Waals surface area (Å²) < 4.78 is 1.11. The number of phenolic OH excluding ortho intramolecular Hbond substituents is 2. The van der Waals surface area contributed by atoms with E-state index in [2.05, 4.69) is 51.4 Å². The van der Waals surface area contributed by atoms with E-state index in [1.54, 1.807) is 12.1 Å². The fraction of sp³-hybridized carbons (Fsp3) is 0.543. The molecule has 0 unspecified atom stereocenters. The lowest BCUT2D eigenvalue weighted by Crippen LogP contribution is -2.39. The van der Waals surface area contributed by atoms with Crippen LogP contribution < -0.4 is 0 Å². The molecule has 0 amide bonds. The van der Waals surface area contributed by atoms with Gasteiger partial charge in [-0.2, -0.15) is 0 Å². The van der Waals surface area contributed by atoms with Crippen LogP contribution in [0.5, 0.6) is 11.5 Å². The second-order valence-electron chi connectivity index (χ2n) is 11.5. The number of fused-ring (bicyclic) bond motifs is 1. The number of phenols is 2. The third-order valence-electron chi connectivity index (χ3n) is 7.45. The van der Waals surface area contributed by atoms with Crippen molar-refractivity contribution < 1.29 is 14.7 Å².